The Balaban J connectivity index is 2.19. The van der Waals surface area contributed by atoms with E-state index < -0.39 is 0 Å². The zero-order valence-corrected chi connectivity index (χ0v) is 8.00. The largest absolute Gasteiger partial charge is 0.488 e. The molecule has 0 unspecified atom stereocenters. The van der Waals surface area contributed by atoms with Crippen LogP contribution in [0.4, 0.5) is 5.69 Å². The highest BCUT2D eigenvalue weighted by Crippen LogP contribution is 2.29. The molecule has 70 valence electrons. The second-order valence-corrected chi connectivity index (χ2v) is 3.37. The monoisotopic (exact) mass is 178 g/mol. The number of ether oxygens (including phenoxy) is 1. The lowest BCUT2D eigenvalue weighted by molar-refractivity contribution is 0.300. The lowest BCUT2D eigenvalue weighted by atomic mass is 10.3. The second-order valence-electron chi connectivity index (χ2n) is 3.37. The van der Waals surface area contributed by atoms with Gasteiger partial charge in [0.25, 0.3) is 0 Å². The molecular weight excluding hydrogens is 164 g/mol. The highest BCUT2D eigenvalue weighted by atomic mass is 16.5. The molecule has 1 saturated carbocycles. The van der Waals surface area contributed by atoms with Gasteiger partial charge in [0, 0.05) is 13.1 Å². The van der Waals surface area contributed by atoms with Crippen LogP contribution in [-0.2, 0) is 0 Å². The van der Waals surface area contributed by atoms with Crippen molar-refractivity contribution in [1.29, 1.82) is 0 Å². The summed E-state index contributed by atoms with van der Waals surface area (Å²) in [6.07, 6.45) is 4.62. The van der Waals surface area contributed by atoms with Gasteiger partial charge in [0.05, 0.1) is 23.7 Å². The van der Waals surface area contributed by atoms with Gasteiger partial charge in [0.1, 0.15) is 5.75 Å². The van der Waals surface area contributed by atoms with Gasteiger partial charge in [-0.2, -0.15) is 0 Å². The first-order chi connectivity index (χ1) is 6.29. The highest BCUT2D eigenvalue weighted by molar-refractivity contribution is 5.47. The van der Waals surface area contributed by atoms with Crippen LogP contribution in [0.15, 0.2) is 12.3 Å². The quantitative estimate of drug-likeness (QED) is 0.768. The Morgan fingerprint density at radius 2 is 2.31 bits per heavy atom. The van der Waals surface area contributed by atoms with Gasteiger partial charge >= 0.3 is 0 Å². The fourth-order valence-corrected chi connectivity index (χ4v) is 1.13. The summed E-state index contributed by atoms with van der Waals surface area (Å²) in [5.41, 5.74) is 1.96. The van der Waals surface area contributed by atoms with E-state index in [1.807, 2.05) is 26.2 Å². The zero-order valence-electron chi connectivity index (χ0n) is 8.00. The summed E-state index contributed by atoms with van der Waals surface area (Å²) >= 11 is 0. The molecule has 1 aliphatic rings. The van der Waals surface area contributed by atoms with Crippen LogP contribution in [0.1, 0.15) is 18.5 Å². The second kappa shape index (κ2) is 3.24. The van der Waals surface area contributed by atoms with Crippen LogP contribution in [0.25, 0.3) is 0 Å². The zero-order chi connectivity index (χ0) is 9.26. The van der Waals surface area contributed by atoms with Crippen molar-refractivity contribution in [2.75, 3.05) is 12.4 Å². The van der Waals surface area contributed by atoms with Gasteiger partial charge in [-0.15, -0.1) is 0 Å². The van der Waals surface area contributed by atoms with E-state index in [2.05, 4.69) is 10.3 Å². The maximum atomic E-state index is 5.70. The van der Waals surface area contributed by atoms with E-state index in [1.54, 1.807) is 0 Å². The van der Waals surface area contributed by atoms with E-state index in [0.717, 1.165) is 17.1 Å². The predicted octanol–water partition coefficient (Wildman–Crippen LogP) is 1.97. The summed E-state index contributed by atoms with van der Waals surface area (Å²) < 4.78 is 5.70. The first-order valence-corrected chi connectivity index (χ1v) is 4.60. The topological polar surface area (TPSA) is 34.2 Å². The summed E-state index contributed by atoms with van der Waals surface area (Å²) in [5.74, 6) is 0.911. The third-order valence-electron chi connectivity index (χ3n) is 2.15. The number of pyridine rings is 1. The molecule has 1 fully saturated rings. The Bertz CT molecular complexity index is 308. The van der Waals surface area contributed by atoms with Crippen LogP contribution in [0.2, 0.25) is 0 Å². The van der Waals surface area contributed by atoms with Crippen LogP contribution in [0.5, 0.6) is 5.75 Å². The molecule has 0 bridgehead atoms. The van der Waals surface area contributed by atoms with Gasteiger partial charge < -0.3 is 10.1 Å². The van der Waals surface area contributed by atoms with E-state index in [4.69, 9.17) is 4.74 Å². The molecule has 0 aliphatic heterocycles. The third kappa shape index (κ3) is 1.91. The Hall–Kier alpha value is -1.25. The number of aryl methyl sites for hydroxylation is 1. The summed E-state index contributed by atoms with van der Waals surface area (Å²) in [6.45, 7) is 1.97. The molecule has 0 atom stereocenters. The van der Waals surface area contributed by atoms with Gasteiger partial charge in [-0.25, -0.2) is 0 Å². The van der Waals surface area contributed by atoms with E-state index in [-0.39, 0.29) is 0 Å². The Labute approximate surface area is 78.1 Å². The molecule has 1 heterocycles. The average molecular weight is 178 g/mol. The van der Waals surface area contributed by atoms with Gasteiger partial charge in [-0.1, -0.05) is 0 Å². The Kier molecular flexibility index (Phi) is 2.08. The number of anilines is 1. The molecule has 13 heavy (non-hydrogen) atoms. The van der Waals surface area contributed by atoms with Crippen LogP contribution >= 0.6 is 0 Å². The van der Waals surface area contributed by atoms with Crippen molar-refractivity contribution < 1.29 is 4.74 Å². The van der Waals surface area contributed by atoms with Crippen molar-refractivity contribution in [1.82, 2.24) is 4.98 Å². The minimum atomic E-state index is 0.438. The highest BCUT2D eigenvalue weighted by Gasteiger charge is 2.24. The van der Waals surface area contributed by atoms with Crippen LogP contribution in [-0.4, -0.2) is 18.1 Å². The molecule has 1 aliphatic carbocycles. The molecule has 1 aromatic rings. The standard InChI is InChI=1S/C10H14N2O/c1-7-10(13-9-3-4-9)5-8(11-2)6-12-7/h5-6,9,11H,3-4H2,1-2H3. The lowest BCUT2D eigenvalue weighted by Crippen LogP contribution is -2.00. The lowest BCUT2D eigenvalue weighted by Gasteiger charge is -2.08. The first kappa shape index (κ1) is 8.35. The summed E-state index contributed by atoms with van der Waals surface area (Å²) in [7, 11) is 1.88. The van der Waals surface area contributed by atoms with Crippen LogP contribution in [0.3, 0.4) is 0 Å². The molecule has 3 nitrogen and oxygen atoms in total. The molecule has 0 spiro atoms. The molecular formula is C10H14N2O. The first-order valence-electron chi connectivity index (χ1n) is 4.60. The molecule has 0 saturated heterocycles. The van der Waals surface area contributed by atoms with E-state index in [1.165, 1.54) is 12.8 Å². The number of nitrogens with zero attached hydrogens (tertiary/aromatic N) is 1. The molecule has 2 rings (SSSR count). The molecule has 3 heteroatoms. The molecule has 0 amide bonds. The van der Waals surface area contributed by atoms with Gasteiger partial charge in [0.15, 0.2) is 0 Å². The number of nitrogens with one attached hydrogen (secondary N) is 1. The summed E-state index contributed by atoms with van der Waals surface area (Å²) in [4.78, 5) is 4.24. The van der Waals surface area contributed by atoms with Crippen molar-refractivity contribution in [3.63, 3.8) is 0 Å². The molecule has 1 aromatic heterocycles. The van der Waals surface area contributed by atoms with Crippen molar-refractivity contribution in [2.24, 2.45) is 0 Å². The summed E-state index contributed by atoms with van der Waals surface area (Å²) in [5, 5.41) is 3.05. The molecule has 1 N–H and O–H groups in total. The van der Waals surface area contributed by atoms with E-state index in [0.29, 0.717) is 6.10 Å². The Morgan fingerprint density at radius 1 is 1.54 bits per heavy atom. The maximum Gasteiger partial charge on any atom is 0.142 e. The smallest absolute Gasteiger partial charge is 0.142 e. The van der Waals surface area contributed by atoms with Crippen molar-refractivity contribution in [2.45, 2.75) is 25.9 Å². The number of rotatable bonds is 3. The number of aromatic nitrogens is 1. The molecule has 0 aromatic carbocycles. The van der Waals surface area contributed by atoms with Crippen LogP contribution in [0, 0.1) is 6.92 Å². The van der Waals surface area contributed by atoms with Crippen LogP contribution < -0.4 is 10.1 Å². The SMILES string of the molecule is CNc1cnc(C)c(OC2CC2)c1. The van der Waals surface area contributed by atoms with Crippen molar-refractivity contribution in [3.05, 3.63) is 18.0 Å². The fraction of sp³-hybridized carbons (Fsp3) is 0.500. The third-order valence-corrected chi connectivity index (χ3v) is 2.15. The molecule has 0 radical (unpaired) electrons. The minimum Gasteiger partial charge on any atom is -0.488 e. The van der Waals surface area contributed by atoms with E-state index in [9.17, 15) is 0 Å². The van der Waals surface area contributed by atoms with E-state index >= 15 is 0 Å². The predicted molar refractivity (Wildman–Crippen MR) is 52.2 cm³/mol. The summed E-state index contributed by atoms with van der Waals surface area (Å²) in [6, 6.07) is 2.00. The van der Waals surface area contributed by atoms with Gasteiger partial charge in [-0.3, -0.25) is 4.98 Å². The van der Waals surface area contributed by atoms with Gasteiger partial charge in [-0.05, 0) is 19.8 Å². The Morgan fingerprint density at radius 3 is 2.92 bits per heavy atom. The van der Waals surface area contributed by atoms with Crippen molar-refractivity contribution >= 4 is 5.69 Å². The minimum absolute atomic E-state index is 0.438. The number of hydrogen-bond donors (Lipinski definition) is 1. The maximum absolute atomic E-state index is 5.70. The normalized spacial score (nSPS) is 15.5. The number of hydrogen-bond acceptors (Lipinski definition) is 3. The fourth-order valence-electron chi connectivity index (χ4n) is 1.13. The van der Waals surface area contributed by atoms with Gasteiger partial charge in [0.2, 0.25) is 0 Å². The van der Waals surface area contributed by atoms with Crippen molar-refractivity contribution in [3.8, 4) is 5.75 Å². The average Bonchev–Trinajstić information content (AvgIpc) is 2.93.